The molecule has 20 heavy (non-hydrogen) atoms. The lowest BCUT2D eigenvalue weighted by Gasteiger charge is -2.10. The predicted octanol–water partition coefficient (Wildman–Crippen LogP) is 4.55. The Morgan fingerprint density at radius 3 is 2.50 bits per heavy atom. The number of hydrogen-bond donors (Lipinski definition) is 0. The molecule has 0 aromatic heterocycles. The van der Waals surface area contributed by atoms with Gasteiger partial charge in [0.1, 0.15) is 29.2 Å². The minimum Gasteiger partial charge on any atom is -0.455 e. The van der Waals surface area contributed by atoms with Gasteiger partial charge in [-0.2, -0.15) is 10.5 Å². The number of halogens is 1. The van der Waals surface area contributed by atoms with Gasteiger partial charge >= 0.3 is 0 Å². The number of hydrogen-bond acceptors (Lipinski definition) is 3. The Kier molecular flexibility index (Phi) is 4.40. The minimum absolute atomic E-state index is 0.251. The maximum absolute atomic E-state index is 9.17. The molecule has 0 radical (unpaired) electrons. The summed E-state index contributed by atoms with van der Waals surface area (Å²) in [6.45, 7) is 2.08. The number of ether oxygens (including phenoxy) is 1. The van der Waals surface area contributed by atoms with Crippen LogP contribution >= 0.6 is 15.9 Å². The first kappa shape index (κ1) is 14.1. The van der Waals surface area contributed by atoms with E-state index in [2.05, 4.69) is 22.9 Å². The van der Waals surface area contributed by atoms with Crippen molar-refractivity contribution in [3.8, 4) is 23.6 Å². The molecule has 2 aromatic rings. The van der Waals surface area contributed by atoms with Gasteiger partial charge in [-0.1, -0.05) is 19.1 Å². The van der Waals surface area contributed by atoms with E-state index in [9.17, 15) is 0 Å². The zero-order chi connectivity index (χ0) is 14.5. The summed E-state index contributed by atoms with van der Waals surface area (Å²) in [5.41, 5.74) is 1.75. The van der Waals surface area contributed by atoms with Gasteiger partial charge in [-0.25, -0.2) is 0 Å². The summed E-state index contributed by atoms with van der Waals surface area (Å²) < 4.78 is 6.57. The first-order valence-electron chi connectivity index (χ1n) is 6.09. The highest BCUT2D eigenvalue weighted by molar-refractivity contribution is 9.10. The highest BCUT2D eigenvalue weighted by Crippen LogP contribution is 2.33. The lowest BCUT2D eigenvalue weighted by Crippen LogP contribution is -1.93. The highest BCUT2D eigenvalue weighted by Gasteiger charge is 2.11. The summed E-state index contributed by atoms with van der Waals surface area (Å²) in [5, 5.41) is 18.2. The largest absolute Gasteiger partial charge is 0.455 e. The van der Waals surface area contributed by atoms with Crippen molar-refractivity contribution in [2.24, 2.45) is 0 Å². The molecule has 4 heteroatoms. The molecule has 3 nitrogen and oxygen atoms in total. The van der Waals surface area contributed by atoms with Crippen LogP contribution in [-0.4, -0.2) is 0 Å². The van der Waals surface area contributed by atoms with Crippen LogP contribution in [0.2, 0.25) is 0 Å². The van der Waals surface area contributed by atoms with Crippen molar-refractivity contribution < 1.29 is 4.74 Å². The van der Waals surface area contributed by atoms with Crippen LogP contribution in [0.15, 0.2) is 40.9 Å². The summed E-state index contributed by atoms with van der Waals surface area (Å²) in [7, 11) is 0. The van der Waals surface area contributed by atoms with Crippen LogP contribution in [0.1, 0.15) is 23.6 Å². The van der Waals surface area contributed by atoms with Crippen LogP contribution in [0.3, 0.4) is 0 Å². The second-order valence-corrected chi connectivity index (χ2v) is 4.98. The van der Waals surface area contributed by atoms with Gasteiger partial charge in [0.25, 0.3) is 0 Å². The predicted molar refractivity (Wildman–Crippen MR) is 79.5 cm³/mol. The maximum atomic E-state index is 9.17. The number of nitrogens with zero attached hydrogens (tertiary/aromatic N) is 2. The second-order valence-electron chi connectivity index (χ2n) is 4.12. The fourth-order valence-corrected chi connectivity index (χ4v) is 2.30. The van der Waals surface area contributed by atoms with Crippen molar-refractivity contribution in [3.63, 3.8) is 0 Å². The lowest BCUT2D eigenvalue weighted by atomic mass is 10.1. The Morgan fingerprint density at radius 1 is 1.10 bits per heavy atom. The zero-order valence-corrected chi connectivity index (χ0v) is 12.4. The van der Waals surface area contributed by atoms with Crippen LogP contribution in [0.25, 0.3) is 0 Å². The summed E-state index contributed by atoms with van der Waals surface area (Å²) in [5.74, 6) is 1.00. The van der Waals surface area contributed by atoms with E-state index in [1.807, 2.05) is 30.3 Å². The smallest absolute Gasteiger partial charge is 0.146 e. The minimum atomic E-state index is 0.251. The molecule has 0 aliphatic carbocycles. The van der Waals surface area contributed by atoms with Crippen molar-refractivity contribution in [1.29, 1.82) is 10.5 Å². The van der Waals surface area contributed by atoms with Crippen LogP contribution in [-0.2, 0) is 6.42 Å². The summed E-state index contributed by atoms with van der Waals surface area (Å²) in [6.07, 6.45) is 0.937. The first-order valence-corrected chi connectivity index (χ1v) is 6.88. The topological polar surface area (TPSA) is 56.8 Å². The molecule has 0 aliphatic rings. The molecule has 0 bridgehead atoms. The normalized spacial score (nSPS) is 9.60. The third-order valence-corrected chi connectivity index (χ3v) is 3.50. The number of nitriles is 2. The number of aryl methyl sites for hydroxylation is 1. The molecule has 0 saturated carbocycles. The second kappa shape index (κ2) is 6.23. The van der Waals surface area contributed by atoms with Gasteiger partial charge in [0.2, 0.25) is 0 Å². The molecule has 0 amide bonds. The third kappa shape index (κ3) is 2.82. The first-order chi connectivity index (χ1) is 9.69. The molecule has 0 atom stereocenters. The summed E-state index contributed by atoms with van der Waals surface area (Å²) in [6, 6.07) is 14.8. The van der Waals surface area contributed by atoms with E-state index in [4.69, 9.17) is 15.3 Å². The number of benzene rings is 2. The van der Waals surface area contributed by atoms with Crippen LogP contribution in [0, 0.1) is 22.7 Å². The van der Waals surface area contributed by atoms with Gasteiger partial charge < -0.3 is 4.74 Å². The van der Waals surface area contributed by atoms with Crippen molar-refractivity contribution in [2.75, 3.05) is 0 Å². The lowest BCUT2D eigenvalue weighted by molar-refractivity contribution is 0.477. The van der Waals surface area contributed by atoms with Crippen LogP contribution < -0.4 is 4.74 Å². The molecule has 0 aliphatic heterocycles. The molecule has 0 unspecified atom stereocenters. The van der Waals surface area contributed by atoms with E-state index >= 15 is 0 Å². The molecular formula is C16H11BrN2O. The van der Waals surface area contributed by atoms with E-state index in [-0.39, 0.29) is 5.56 Å². The molecule has 0 heterocycles. The zero-order valence-electron chi connectivity index (χ0n) is 10.9. The molecule has 0 spiro atoms. The molecule has 2 aromatic carbocycles. The third-order valence-electron chi connectivity index (χ3n) is 2.88. The van der Waals surface area contributed by atoms with Crippen LogP contribution in [0.5, 0.6) is 11.5 Å². The van der Waals surface area contributed by atoms with Crippen LogP contribution in [0.4, 0.5) is 0 Å². The van der Waals surface area contributed by atoms with E-state index in [1.54, 1.807) is 18.2 Å². The van der Waals surface area contributed by atoms with Crippen molar-refractivity contribution in [1.82, 2.24) is 0 Å². The Labute approximate surface area is 126 Å². The molecule has 0 N–H and O–H groups in total. The van der Waals surface area contributed by atoms with E-state index < -0.39 is 0 Å². The molecular weight excluding hydrogens is 316 g/mol. The fraction of sp³-hybridized carbons (Fsp3) is 0.125. The average Bonchev–Trinajstić information content (AvgIpc) is 2.48. The Balaban J connectivity index is 2.41. The van der Waals surface area contributed by atoms with Gasteiger partial charge in [-0.05, 0) is 52.2 Å². The van der Waals surface area contributed by atoms with Crippen molar-refractivity contribution in [3.05, 3.63) is 57.6 Å². The number of rotatable bonds is 3. The van der Waals surface area contributed by atoms with E-state index in [1.165, 1.54) is 5.56 Å². The monoisotopic (exact) mass is 326 g/mol. The van der Waals surface area contributed by atoms with Crippen molar-refractivity contribution >= 4 is 15.9 Å². The van der Waals surface area contributed by atoms with E-state index in [0.29, 0.717) is 17.1 Å². The average molecular weight is 327 g/mol. The molecule has 0 saturated heterocycles. The molecule has 2 rings (SSSR count). The fourth-order valence-electron chi connectivity index (χ4n) is 1.79. The molecule has 98 valence electrons. The highest BCUT2D eigenvalue weighted by atomic mass is 79.9. The quantitative estimate of drug-likeness (QED) is 0.831. The molecule has 0 fully saturated rings. The Morgan fingerprint density at radius 2 is 1.90 bits per heavy atom. The van der Waals surface area contributed by atoms with Gasteiger partial charge in [0.05, 0.1) is 10.0 Å². The van der Waals surface area contributed by atoms with Crippen molar-refractivity contribution in [2.45, 2.75) is 13.3 Å². The maximum Gasteiger partial charge on any atom is 0.146 e. The Bertz CT molecular complexity index is 726. The SMILES string of the molecule is CCc1ccc(Oc2cccc(C#N)c2C#N)c(Br)c1. The van der Waals surface area contributed by atoms with Gasteiger partial charge in [-0.15, -0.1) is 0 Å². The van der Waals surface area contributed by atoms with E-state index in [0.717, 1.165) is 10.9 Å². The van der Waals surface area contributed by atoms with Gasteiger partial charge in [-0.3, -0.25) is 0 Å². The Hall–Kier alpha value is -2.30. The standard InChI is InChI=1S/C16H11BrN2O/c1-2-11-6-7-16(14(17)8-11)20-15-5-3-4-12(9-18)13(15)10-19/h3-8H,2H2,1H3. The summed E-state index contributed by atoms with van der Waals surface area (Å²) in [4.78, 5) is 0. The summed E-state index contributed by atoms with van der Waals surface area (Å²) >= 11 is 3.45. The van der Waals surface area contributed by atoms with Gasteiger partial charge in [0, 0.05) is 0 Å². The van der Waals surface area contributed by atoms with Gasteiger partial charge in [0.15, 0.2) is 0 Å².